The van der Waals surface area contributed by atoms with Gasteiger partial charge in [0.05, 0.1) is 11.4 Å². The van der Waals surface area contributed by atoms with Gasteiger partial charge in [0, 0.05) is 4.47 Å². The zero-order valence-corrected chi connectivity index (χ0v) is 12.1. The first-order valence-corrected chi connectivity index (χ1v) is 6.90. The third-order valence-electron chi connectivity index (χ3n) is 2.91. The van der Waals surface area contributed by atoms with Crippen LogP contribution in [0.15, 0.2) is 75.4 Å². The molecule has 3 rings (SSSR count). The Bertz CT molecular complexity index is 704. The fraction of sp³-hybridized carbons (Fsp3) is 0. The van der Waals surface area contributed by atoms with Crippen LogP contribution in [0.5, 0.6) is 5.75 Å². The zero-order valence-electron chi connectivity index (χ0n) is 10.5. The number of fused-ring (bicyclic) bond motifs is 1. The summed E-state index contributed by atoms with van der Waals surface area (Å²) in [7, 11) is 0. The molecule has 0 heterocycles. The van der Waals surface area contributed by atoms with Gasteiger partial charge in [-0.3, -0.25) is 0 Å². The standard InChI is InChI=1S/C16H11BrN2O/c17-13-3-1-11-9-15(10-12(11)2-4-13)19-18-14-5-7-16(20)8-6-14/h1-10,20H. The minimum absolute atomic E-state index is 0.223. The molecular weight excluding hydrogens is 316 g/mol. The van der Waals surface area contributed by atoms with E-state index in [-0.39, 0.29) is 5.75 Å². The Morgan fingerprint density at radius 1 is 0.700 bits per heavy atom. The minimum Gasteiger partial charge on any atom is -0.508 e. The summed E-state index contributed by atoms with van der Waals surface area (Å²) >= 11 is 3.45. The zero-order chi connectivity index (χ0) is 13.9. The summed E-state index contributed by atoms with van der Waals surface area (Å²) in [5.74, 6) is 0.223. The van der Waals surface area contributed by atoms with Crippen molar-refractivity contribution in [3.8, 4) is 16.9 Å². The van der Waals surface area contributed by atoms with Crippen LogP contribution in [0.3, 0.4) is 0 Å². The highest BCUT2D eigenvalue weighted by Crippen LogP contribution is 2.32. The van der Waals surface area contributed by atoms with Gasteiger partial charge in [-0.25, -0.2) is 0 Å². The van der Waals surface area contributed by atoms with Crippen LogP contribution >= 0.6 is 15.9 Å². The maximum atomic E-state index is 9.21. The van der Waals surface area contributed by atoms with Crippen LogP contribution in [0.1, 0.15) is 0 Å². The summed E-state index contributed by atoms with van der Waals surface area (Å²) in [5.41, 5.74) is 3.77. The van der Waals surface area contributed by atoms with Crippen LogP contribution in [0, 0.1) is 0 Å². The number of rotatable bonds is 2. The highest BCUT2D eigenvalue weighted by molar-refractivity contribution is 9.10. The second kappa shape index (κ2) is 5.43. The molecule has 0 radical (unpaired) electrons. The Morgan fingerprint density at radius 2 is 1.25 bits per heavy atom. The first-order valence-electron chi connectivity index (χ1n) is 6.11. The van der Waals surface area contributed by atoms with E-state index in [1.165, 1.54) is 0 Å². The predicted octanol–water partition coefficient (Wildman–Crippen LogP) is 5.67. The molecule has 0 aliphatic heterocycles. The lowest BCUT2D eigenvalue weighted by atomic mass is 10.2. The summed E-state index contributed by atoms with van der Waals surface area (Å²) in [6, 6.07) is 18.7. The average molecular weight is 327 g/mol. The van der Waals surface area contributed by atoms with Gasteiger partial charge in [-0.15, -0.1) is 0 Å². The molecule has 0 aromatic heterocycles. The van der Waals surface area contributed by atoms with E-state index >= 15 is 0 Å². The molecule has 98 valence electrons. The molecule has 2 aliphatic rings. The quantitative estimate of drug-likeness (QED) is 0.605. The van der Waals surface area contributed by atoms with E-state index in [1.54, 1.807) is 24.3 Å². The fourth-order valence-electron chi connectivity index (χ4n) is 1.90. The van der Waals surface area contributed by atoms with Crippen LogP contribution in [0.2, 0.25) is 0 Å². The van der Waals surface area contributed by atoms with E-state index < -0.39 is 0 Å². The first-order chi connectivity index (χ1) is 9.70. The number of phenolic OH excluding ortho intramolecular Hbond substituents is 1. The molecule has 4 heteroatoms. The Hall–Kier alpha value is -2.20. The van der Waals surface area contributed by atoms with Crippen molar-refractivity contribution in [3.05, 3.63) is 65.1 Å². The molecule has 0 saturated heterocycles. The lowest BCUT2D eigenvalue weighted by Gasteiger charge is -1.91. The summed E-state index contributed by atoms with van der Waals surface area (Å²) in [4.78, 5) is 0. The van der Waals surface area contributed by atoms with Crippen molar-refractivity contribution in [3.63, 3.8) is 0 Å². The molecule has 0 amide bonds. The van der Waals surface area contributed by atoms with Gasteiger partial charge in [0.1, 0.15) is 5.75 Å². The average Bonchev–Trinajstić information content (AvgIpc) is 2.77. The molecule has 0 saturated carbocycles. The van der Waals surface area contributed by atoms with Crippen molar-refractivity contribution in [2.45, 2.75) is 0 Å². The monoisotopic (exact) mass is 326 g/mol. The second-order valence-electron chi connectivity index (χ2n) is 4.39. The van der Waals surface area contributed by atoms with Crippen molar-refractivity contribution in [2.75, 3.05) is 0 Å². The third kappa shape index (κ3) is 2.86. The molecule has 0 unspecified atom stereocenters. The van der Waals surface area contributed by atoms with Crippen molar-refractivity contribution >= 4 is 27.3 Å². The minimum atomic E-state index is 0.223. The molecule has 0 atom stereocenters. The summed E-state index contributed by atoms with van der Waals surface area (Å²) < 4.78 is 1.04. The van der Waals surface area contributed by atoms with Crippen LogP contribution in [0.25, 0.3) is 11.1 Å². The van der Waals surface area contributed by atoms with E-state index in [9.17, 15) is 5.11 Å². The van der Waals surface area contributed by atoms with E-state index in [0.29, 0.717) is 5.69 Å². The van der Waals surface area contributed by atoms with E-state index in [1.807, 2.05) is 36.4 Å². The number of hydrogen-bond acceptors (Lipinski definition) is 3. The van der Waals surface area contributed by atoms with Gasteiger partial charge in [-0.05, 0) is 59.7 Å². The van der Waals surface area contributed by atoms with Gasteiger partial charge in [-0.1, -0.05) is 28.1 Å². The van der Waals surface area contributed by atoms with Gasteiger partial charge in [0.15, 0.2) is 0 Å². The van der Waals surface area contributed by atoms with Crippen molar-refractivity contribution < 1.29 is 5.11 Å². The Labute approximate surface area is 125 Å². The van der Waals surface area contributed by atoms with E-state index in [4.69, 9.17) is 0 Å². The summed E-state index contributed by atoms with van der Waals surface area (Å²) in [6.07, 6.45) is 0. The van der Waals surface area contributed by atoms with Crippen molar-refractivity contribution in [1.29, 1.82) is 0 Å². The lowest BCUT2D eigenvalue weighted by molar-refractivity contribution is 0.475. The number of benzene rings is 1. The normalized spacial score (nSPS) is 11.2. The van der Waals surface area contributed by atoms with Crippen LogP contribution < -0.4 is 0 Å². The van der Waals surface area contributed by atoms with Crippen molar-refractivity contribution in [1.82, 2.24) is 0 Å². The highest BCUT2D eigenvalue weighted by Gasteiger charge is 2.04. The van der Waals surface area contributed by atoms with Gasteiger partial charge < -0.3 is 5.11 Å². The molecule has 1 aromatic carbocycles. The summed E-state index contributed by atoms with van der Waals surface area (Å²) in [6.45, 7) is 0. The largest absolute Gasteiger partial charge is 0.508 e. The molecule has 1 N–H and O–H groups in total. The van der Waals surface area contributed by atoms with Gasteiger partial charge in [0.2, 0.25) is 0 Å². The molecule has 2 aliphatic carbocycles. The van der Waals surface area contributed by atoms with Crippen LogP contribution in [0.4, 0.5) is 11.4 Å². The first kappa shape index (κ1) is 12.8. The molecule has 3 nitrogen and oxygen atoms in total. The van der Waals surface area contributed by atoms with E-state index in [0.717, 1.165) is 21.3 Å². The smallest absolute Gasteiger partial charge is 0.115 e. The molecule has 20 heavy (non-hydrogen) atoms. The maximum absolute atomic E-state index is 9.21. The van der Waals surface area contributed by atoms with E-state index in [2.05, 4.69) is 26.2 Å². The van der Waals surface area contributed by atoms with Crippen molar-refractivity contribution in [2.24, 2.45) is 10.2 Å². The second-order valence-corrected chi connectivity index (χ2v) is 5.31. The lowest BCUT2D eigenvalue weighted by Crippen LogP contribution is -1.63. The molecule has 1 aromatic rings. The number of azo groups is 1. The SMILES string of the molecule is Oc1ccc(N=Nc2cc3ccc(Br)ccc-3c2)cc1. The number of phenols is 1. The topological polar surface area (TPSA) is 45.0 Å². The Morgan fingerprint density at radius 3 is 1.85 bits per heavy atom. The number of nitrogens with zero attached hydrogens (tertiary/aromatic N) is 2. The number of halogens is 1. The molecular formula is C16H11BrN2O. The predicted molar refractivity (Wildman–Crippen MR) is 83.0 cm³/mol. The third-order valence-corrected chi connectivity index (χ3v) is 3.44. The molecule has 0 bridgehead atoms. The Kier molecular flexibility index (Phi) is 3.48. The van der Waals surface area contributed by atoms with Crippen LogP contribution in [-0.4, -0.2) is 5.11 Å². The maximum Gasteiger partial charge on any atom is 0.115 e. The number of aromatic hydroxyl groups is 1. The Balaban J connectivity index is 1.90. The van der Waals surface area contributed by atoms with Crippen LogP contribution in [-0.2, 0) is 0 Å². The molecule has 0 spiro atoms. The van der Waals surface area contributed by atoms with Gasteiger partial charge >= 0.3 is 0 Å². The fourth-order valence-corrected chi connectivity index (χ4v) is 2.17. The summed E-state index contributed by atoms with van der Waals surface area (Å²) in [5, 5.41) is 17.6. The van der Waals surface area contributed by atoms with Gasteiger partial charge in [-0.2, -0.15) is 10.2 Å². The highest BCUT2D eigenvalue weighted by atomic mass is 79.9. The number of hydrogen-bond donors (Lipinski definition) is 1. The van der Waals surface area contributed by atoms with Gasteiger partial charge in [0.25, 0.3) is 0 Å². The molecule has 0 fully saturated rings.